The van der Waals surface area contributed by atoms with Crippen LogP contribution >= 0.6 is 0 Å². The Morgan fingerprint density at radius 2 is 1.83 bits per heavy atom. The Hall–Kier alpha value is -1.63. The van der Waals surface area contributed by atoms with Gasteiger partial charge in [-0.05, 0) is 13.8 Å². The predicted octanol–water partition coefficient (Wildman–Crippen LogP) is 1.01. The zero-order chi connectivity index (χ0) is 9.14. The Morgan fingerprint density at radius 1 is 1.25 bits per heavy atom. The molecule has 1 aromatic heterocycles. The van der Waals surface area contributed by atoms with Crippen molar-refractivity contribution in [2.45, 2.75) is 13.8 Å². The number of rotatable bonds is 1. The minimum Gasteiger partial charge on any atom is -0.371 e. The van der Waals surface area contributed by atoms with Crippen molar-refractivity contribution < 1.29 is 0 Å². The number of nitriles is 1. The minimum atomic E-state index is 0.348. The van der Waals surface area contributed by atoms with Crippen LogP contribution in [0, 0.1) is 25.2 Å². The molecule has 0 fully saturated rings. The van der Waals surface area contributed by atoms with Gasteiger partial charge in [-0.15, -0.1) is 0 Å². The van der Waals surface area contributed by atoms with E-state index in [2.05, 4.69) is 15.3 Å². The van der Waals surface area contributed by atoms with Crippen molar-refractivity contribution in [3.05, 3.63) is 17.1 Å². The Kier molecular flexibility index (Phi) is 2.24. The number of aromatic nitrogens is 2. The molecule has 62 valence electrons. The first-order valence-electron chi connectivity index (χ1n) is 3.62. The normalized spacial score (nSPS) is 9.17. The van der Waals surface area contributed by atoms with E-state index in [1.807, 2.05) is 19.9 Å². The molecule has 0 spiro atoms. The van der Waals surface area contributed by atoms with Crippen LogP contribution < -0.4 is 5.32 Å². The lowest BCUT2D eigenvalue weighted by Crippen LogP contribution is -2.02. The van der Waals surface area contributed by atoms with Gasteiger partial charge in [0.1, 0.15) is 6.07 Å². The van der Waals surface area contributed by atoms with Crippen LogP contribution in [0.1, 0.15) is 17.1 Å². The lowest BCUT2D eigenvalue weighted by molar-refractivity contribution is 1.03. The summed E-state index contributed by atoms with van der Waals surface area (Å²) < 4.78 is 0. The van der Waals surface area contributed by atoms with E-state index in [1.54, 1.807) is 7.05 Å². The number of nitrogens with zero attached hydrogens (tertiary/aromatic N) is 3. The van der Waals surface area contributed by atoms with E-state index in [1.165, 1.54) is 0 Å². The van der Waals surface area contributed by atoms with Crippen molar-refractivity contribution >= 4 is 5.82 Å². The molecule has 0 radical (unpaired) electrons. The molecule has 0 aromatic carbocycles. The maximum absolute atomic E-state index is 8.67. The van der Waals surface area contributed by atoms with Crippen molar-refractivity contribution in [2.75, 3.05) is 12.4 Å². The fourth-order valence-electron chi connectivity index (χ4n) is 0.855. The Balaban J connectivity index is 3.31. The van der Waals surface area contributed by atoms with E-state index in [9.17, 15) is 0 Å². The second-order valence-electron chi connectivity index (χ2n) is 2.45. The third-order valence-electron chi connectivity index (χ3n) is 1.65. The molecule has 1 aromatic rings. The predicted molar refractivity (Wildman–Crippen MR) is 45.8 cm³/mol. The second kappa shape index (κ2) is 3.18. The number of hydrogen-bond acceptors (Lipinski definition) is 4. The van der Waals surface area contributed by atoms with E-state index < -0.39 is 0 Å². The first-order valence-corrected chi connectivity index (χ1v) is 3.62. The summed E-state index contributed by atoms with van der Waals surface area (Å²) in [5, 5.41) is 11.5. The van der Waals surface area contributed by atoms with Crippen LogP contribution in [-0.2, 0) is 0 Å². The Bertz CT molecular complexity index is 338. The smallest absolute Gasteiger partial charge is 0.183 e. The van der Waals surface area contributed by atoms with Crippen LogP contribution in [0.4, 0.5) is 5.82 Å². The van der Waals surface area contributed by atoms with Gasteiger partial charge in [0.05, 0.1) is 11.4 Å². The summed E-state index contributed by atoms with van der Waals surface area (Å²) in [6.07, 6.45) is 0. The van der Waals surface area contributed by atoms with E-state index in [0.717, 1.165) is 11.4 Å². The molecule has 0 aliphatic rings. The van der Waals surface area contributed by atoms with Crippen molar-refractivity contribution in [1.29, 1.82) is 5.26 Å². The van der Waals surface area contributed by atoms with E-state index >= 15 is 0 Å². The minimum absolute atomic E-state index is 0.348. The molecule has 4 heteroatoms. The SMILES string of the molecule is CNc1nc(C)c(C)nc1C#N. The molecule has 0 saturated carbocycles. The van der Waals surface area contributed by atoms with Crippen molar-refractivity contribution in [1.82, 2.24) is 9.97 Å². The van der Waals surface area contributed by atoms with Crippen LogP contribution in [0.2, 0.25) is 0 Å². The summed E-state index contributed by atoms with van der Waals surface area (Å²) in [5.41, 5.74) is 1.99. The molecule has 0 atom stereocenters. The monoisotopic (exact) mass is 162 g/mol. The second-order valence-corrected chi connectivity index (χ2v) is 2.45. The maximum Gasteiger partial charge on any atom is 0.183 e. The third-order valence-corrected chi connectivity index (χ3v) is 1.65. The zero-order valence-electron chi connectivity index (χ0n) is 7.34. The summed E-state index contributed by atoms with van der Waals surface area (Å²) >= 11 is 0. The van der Waals surface area contributed by atoms with Crippen LogP contribution in [0.15, 0.2) is 0 Å². The zero-order valence-corrected chi connectivity index (χ0v) is 7.34. The molecule has 0 aliphatic carbocycles. The van der Waals surface area contributed by atoms with Crippen LogP contribution in [0.25, 0.3) is 0 Å². The van der Waals surface area contributed by atoms with E-state index in [4.69, 9.17) is 5.26 Å². The standard InChI is InChI=1S/C8H10N4/c1-5-6(2)12-8(10-3)7(4-9)11-5/h1-3H3,(H,10,12). The fraction of sp³-hybridized carbons (Fsp3) is 0.375. The molecule has 0 aliphatic heterocycles. The maximum atomic E-state index is 8.67. The highest BCUT2D eigenvalue weighted by Crippen LogP contribution is 2.10. The number of anilines is 1. The van der Waals surface area contributed by atoms with Gasteiger partial charge in [-0.3, -0.25) is 0 Å². The van der Waals surface area contributed by atoms with Crippen LogP contribution in [-0.4, -0.2) is 17.0 Å². The van der Waals surface area contributed by atoms with Gasteiger partial charge in [0, 0.05) is 7.05 Å². The summed E-state index contributed by atoms with van der Waals surface area (Å²) in [6.45, 7) is 3.70. The highest BCUT2D eigenvalue weighted by Gasteiger charge is 2.05. The van der Waals surface area contributed by atoms with E-state index in [-0.39, 0.29) is 0 Å². The Labute approximate surface area is 71.3 Å². The lowest BCUT2D eigenvalue weighted by Gasteiger charge is -2.04. The molecule has 0 amide bonds. The Morgan fingerprint density at radius 3 is 2.33 bits per heavy atom. The molecule has 12 heavy (non-hydrogen) atoms. The third kappa shape index (κ3) is 1.35. The van der Waals surface area contributed by atoms with Gasteiger partial charge in [-0.25, -0.2) is 9.97 Å². The molecule has 0 unspecified atom stereocenters. The molecule has 4 nitrogen and oxygen atoms in total. The molecule has 1 heterocycles. The largest absolute Gasteiger partial charge is 0.371 e. The molecule has 0 saturated heterocycles. The topological polar surface area (TPSA) is 61.6 Å². The summed E-state index contributed by atoms with van der Waals surface area (Å²) in [6, 6.07) is 1.98. The van der Waals surface area contributed by atoms with Gasteiger partial charge in [0.15, 0.2) is 11.5 Å². The average molecular weight is 162 g/mol. The molecule has 1 rings (SSSR count). The van der Waals surface area contributed by atoms with Crippen molar-refractivity contribution in [2.24, 2.45) is 0 Å². The summed E-state index contributed by atoms with van der Waals surface area (Å²) in [7, 11) is 1.72. The molecule has 0 bridgehead atoms. The lowest BCUT2D eigenvalue weighted by atomic mass is 10.3. The summed E-state index contributed by atoms with van der Waals surface area (Å²) in [5.74, 6) is 0.542. The van der Waals surface area contributed by atoms with Gasteiger partial charge in [-0.2, -0.15) is 5.26 Å². The van der Waals surface area contributed by atoms with Crippen molar-refractivity contribution in [3.63, 3.8) is 0 Å². The summed E-state index contributed by atoms with van der Waals surface area (Å²) in [4.78, 5) is 8.24. The molecular weight excluding hydrogens is 152 g/mol. The van der Waals surface area contributed by atoms with Gasteiger partial charge in [0.2, 0.25) is 0 Å². The molecular formula is C8H10N4. The number of nitrogens with one attached hydrogen (secondary N) is 1. The van der Waals surface area contributed by atoms with Gasteiger partial charge in [-0.1, -0.05) is 0 Å². The fourth-order valence-corrected chi connectivity index (χ4v) is 0.855. The van der Waals surface area contributed by atoms with Crippen LogP contribution in [0.3, 0.4) is 0 Å². The number of hydrogen-bond donors (Lipinski definition) is 1. The van der Waals surface area contributed by atoms with Gasteiger partial charge >= 0.3 is 0 Å². The quantitative estimate of drug-likeness (QED) is 0.669. The highest BCUT2D eigenvalue weighted by atomic mass is 15.0. The van der Waals surface area contributed by atoms with E-state index in [0.29, 0.717) is 11.5 Å². The van der Waals surface area contributed by atoms with Crippen molar-refractivity contribution in [3.8, 4) is 6.07 Å². The highest BCUT2D eigenvalue weighted by molar-refractivity contribution is 5.47. The first-order chi connectivity index (χ1) is 5.69. The number of aryl methyl sites for hydroxylation is 2. The van der Waals surface area contributed by atoms with Gasteiger partial charge in [0.25, 0.3) is 0 Å². The van der Waals surface area contributed by atoms with Gasteiger partial charge < -0.3 is 5.32 Å². The average Bonchev–Trinajstić information content (AvgIpc) is 2.09. The molecule has 1 N–H and O–H groups in total. The van der Waals surface area contributed by atoms with Crippen LogP contribution in [0.5, 0.6) is 0 Å². The first kappa shape index (κ1) is 8.47.